The largest absolute Gasteiger partial charge is 0.149 e. The molecule has 0 bridgehead atoms. The Morgan fingerprint density at radius 1 is 1.64 bits per heavy atom. The lowest BCUT2D eigenvalue weighted by Gasteiger charge is -1.94. The topological polar surface area (TPSA) is 0 Å². The highest BCUT2D eigenvalue weighted by atomic mass is 32.1. The Labute approximate surface area is 81.2 Å². The van der Waals surface area contributed by atoms with Crippen LogP contribution in [-0.4, -0.2) is 10.2 Å². The molecule has 11 heavy (non-hydrogen) atoms. The maximum atomic E-state index is 5.11. The average molecular weight is 200 g/mol. The van der Waals surface area contributed by atoms with Gasteiger partial charge in [-0.1, -0.05) is 30.5 Å². The first-order chi connectivity index (χ1) is 5.33. The fourth-order valence-electron chi connectivity index (χ4n) is 0.773. The second kappa shape index (κ2) is 4.70. The van der Waals surface area contributed by atoms with Gasteiger partial charge in [0.25, 0.3) is 0 Å². The highest BCUT2D eigenvalue weighted by molar-refractivity contribution is 7.81. The summed E-state index contributed by atoms with van der Waals surface area (Å²) < 4.78 is 0. The Bertz CT molecular complexity index is 236. The van der Waals surface area contributed by atoms with Crippen LogP contribution in [-0.2, 0) is 6.42 Å². The molecule has 0 saturated heterocycles. The molecule has 0 N–H and O–H groups in total. The van der Waals surface area contributed by atoms with Crippen LogP contribution in [0.4, 0.5) is 0 Å². The van der Waals surface area contributed by atoms with Gasteiger partial charge in [0.2, 0.25) is 0 Å². The highest BCUT2D eigenvalue weighted by Crippen LogP contribution is 2.10. The molecule has 0 radical (unpaired) electrons. The molecule has 0 fully saturated rings. The van der Waals surface area contributed by atoms with E-state index < -0.39 is 0 Å². The molecule has 0 aliphatic carbocycles. The van der Waals surface area contributed by atoms with Gasteiger partial charge in [-0.25, -0.2) is 0 Å². The number of hydrogen-bond donors (Lipinski definition) is 0. The van der Waals surface area contributed by atoms with Gasteiger partial charge in [-0.15, -0.1) is 11.3 Å². The molecule has 1 aromatic heterocycles. The van der Waals surface area contributed by atoms with Gasteiger partial charge < -0.3 is 0 Å². The van der Waals surface area contributed by atoms with Crippen molar-refractivity contribution in [3.05, 3.63) is 22.4 Å². The van der Waals surface area contributed by atoms with Crippen LogP contribution in [0.1, 0.15) is 11.3 Å². The fraction of sp³-hybridized carbons (Fsp3) is 0.250. The van der Waals surface area contributed by atoms with E-state index in [0.717, 1.165) is 17.7 Å². The van der Waals surface area contributed by atoms with Crippen molar-refractivity contribution < 1.29 is 0 Å². The van der Waals surface area contributed by atoms with E-state index in [4.69, 9.17) is 24.4 Å². The monoisotopic (exact) mass is 200 g/mol. The normalized spacial score (nSPS) is 9.45. The van der Waals surface area contributed by atoms with E-state index in [-0.39, 0.29) is 0 Å². The molecule has 0 aromatic carbocycles. The van der Waals surface area contributed by atoms with E-state index in [2.05, 4.69) is 11.4 Å². The Hall–Kier alpha value is -0.120. The van der Waals surface area contributed by atoms with Crippen molar-refractivity contribution in [3.8, 4) is 0 Å². The lowest BCUT2D eigenvalue weighted by molar-refractivity contribution is 1.41. The van der Waals surface area contributed by atoms with E-state index in [1.807, 2.05) is 6.07 Å². The third-order valence-electron chi connectivity index (χ3n) is 1.26. The molecule has 0 spiro atoms. The van der Waals surface area contributed by atoms with E-state index >= 15 is 0 Å². The molecule has 0 aliphatic heterocycles. The molecule has 0 unspecified atom stereocenters. The van der Waals surface area contributed by atoms with Gasteiger partial charge in [0.15, 0.2) is 0 Å². The zero-order valence-electron chi connectivity index (χ0n) is 5.95. The summed E-state index contributed by atoms with van der Waals surface area (Å²) in [5.41, 5.74) is 0. The maximum Gasteiger partial charge on any atom is 0.0136 e. The van der Waals surface area contributed by atoms with Gasteiger partial charge in [0, 0.05) is 22.6 Å². The average Bonchev–Trinajstić information content (AvgIpc) is 2.40. The van der Waals surface area contributed by atoms with Gasteiger partial charge in [-0.2, -0.15) is 0 Å². The summed E-state index contributed by atoms with van der Waals surface area (Å²) in [5, 5.41) is 3.76. The molecular weight excluding hydrogens is 192 g/mol. The third kappa shape index (κ3) is 3.18. The van der Waals surface area contributed by atoms with Crippen molar-refractivity contribution in [2.45, 2.75) is 12.8 Å². The van der Waals surface area contributed by atoms with Crippen LogP contribution in [0.2, 0.25) is 0 Å². The Morgan fingerprint density at radius 2 is 2.45 bits per heavy atom. The number of thiocarbonyl (C=S) groups is 2. The summed E-state index contributed by atoms with van der Waals surface area (Å²) in [5.74, 6) is 0. The van der Waals surface area contributed by atoms with Gasteiger partial charge in [-0.3, -0.25) is 0 Å². The summed E-state index contributed by atoms with van der Waals surface area (Å²) in [7, 11) is 0. The number of hydrogen-bond acceptors (Lipinski definition) is 3. The van der Waals surface area contributed by atoms with Crippen LogP contribution in [0.15, 0.2) is 17.5 Å². The molecule has 0 nitrogen and oxygen atoms in total. The fourth-order valence-corrected chi connectivity index (χ4v) is 2.16. The predicted molar refractivity (Wildman–Crippen MR) is 58.9 cm³/mol. The molecule has 3 heteroatoms. The van der Waals surface area contributed by atoms with Crippen molar-refractivity contribution in [2.24, 2.45) is 0 Å². The molecule has 1 rings (SSSR count). The molecule has 1 heterocycles. The first-order valence-corrected chi connectivity index (χ1v) is 5.06. The second-order valence-electron chi connectivity index (χ2n) is 2.17. The van der Waals surface area contributed by atoms with Gasteiger partial charge in [0.1, 0.15) is 0 Å². The number of rotatable bonds is 4. The zero-order valence-corrected chi connectivity index (χ0v) is 8.40. The van der Waals surface area contributed by atoms with E-state index in [1.54, 1.807) is 16.7 Å². The minimum atomic E-state index is 0.780. The van der Waals surface area contributed by atoms with Crippen molar-refractivity contribution in [1.29, 1.82) is 0 Å². The number of thiophene rings is 1. The SMILES string of the molecule is S=CCC(=S)Cc1cccs1. The molecular formula is C8H8S3. The first-order valence-electron chi connectivity index (χ1n) is 3.30. The van der Waals surface area contributed by atoms with Gasteiger partial charge in [0.05, 0.1) is 0 Å². The Morgan fingerprint density at radius 3 is 3.00 bits per heavy atom. The second-order valence-corrected chi connectivity index (χ2v) is 4.11. The summed E-state index contributed by atoms with van der Waals surface area (Å²) in [6.45, 7) is 0. The summed E-state index contributed by atoms with van der Waals surface area (Å²) in [6, 6.07) is 4.14. The lowest BCUT2D eigenvalue weighted by Crippen LogP contribution is -1.97. The van der Waals surface area contributed by atoms with Crippen LogP contribution >= 0.6 is 35.8 Å². The van der Waals surface area contributed by atoms with Crippen LogP contribution in [0.3, 0.4) is 0 Å². The highest BCUT2D eigenvalue weighted by Gasteiger charge is 1.97. The van der Waals surface area contributed by atoms with Crippen molar-refractivity contribution in [3.63, 3.8) is 0 Å². The Kier molecular flexibility index (Phi) is 3.83. The van der Waals surface area contributed by atoms with Crippen LogP contribution in [0.25, 0.3) is 0 Å². The minimum Gasteiger partial charge on any atom is -0.149 e. The van der Waals surface area contributed by atoms with E-state index in [9.17, 15) is 0 Å². The summed E-state index contributed by atoms with van der Waals surface area (Å²) in [4.78, 5) is 2.36. The molecule has 0 atom stereocenters. The molecule has 1 aromatic rings. The quantitative estimate of drug-likeness (QED) is 0.685. The van der Waals surface area contributed by atoms with Crippen molar-refractivity contribution in [2.75, 3.05) is 0 Å². The molecule has 0 amide bonds. The predicted octanol–water partition coefficient (Wildman–Crippen LogP) is 3.05. The minimum absolute atomic E-state index is 0.780. The molecule has 0 aliphatic rings. The van der Waals surface area contributed by atoms with Crippen LogP contribution < -0.4 is 0 Å². The standard InChI is InChI=1S/C8H8S3/c9-4-3-7(10)6-8-2-1-5-11-8/h1-2,4-5H,3,6H2. The summed E-state index contributed by atoms with van der Waals surface area (Å²) in [6.07, 6.45) is 1.68. The smallest absolute Gasteiger partial charge is 0.0136 e. The molecule has 0 saturated carbocycles. The van der Waals surface area contributed by atoms with Gasteiger partial charge in [-0.05, 0) is 16.8 Å². The van der Waals surface area contributed by atoms with Crippen molar-refractivity contribution in [1.82, 2.24) is 0 Å². The van der Waals surface area contributed by atoms with E-state index in [0.29, 0.717) is 0 Å². The zero-order chi connectivity index (χ0) is 8.10. The van der Waals surface area contributed by atoms with Crippen LogP contribution in [0.5, 0.6) is 0 Å². The van der Waals surface area contributed by atoms with E-state index in [1.165, 1.54) is 4.88 Å². The van der Waals surface area contributed by atoms with Crippen LogP contribution in [0, 0.1) is 0 Å². The lowest BCUT2D eigenvalue weighted by atomic mass is 10.2. The van der Waals surface area contributed by atoms with Gasteiger partial charge >= 0.3 is 0 Å². The maximum absolute atomic E-state index is 5.11. The van der Waals surface area contributed by atoms with Crippen molar-refractivity contribution >= 4 is 46.0 Å². The third-order valence-corrected chi connectivity index (χ3v) is 2.62. The molecule has 58 valence electrons. The summed E-state index contributed by atoms with van der Waals surface area (Å²) >= 11 is 11.6. The Balaban J connectivity index is 2.43. The first kappa shape index (κ1) is 8.97.